The highest BCUT2D eigenvalue weighted by atomic mass is 79.9. The molecule has 0 aromatic heterocycles. The molecule has 1 aliphatic heterocycles. The average Bonchev–Trinajstić information content (AvgIpc) is 2.60. The molecule has 0 atom stereocenters. The van der Waals surface area contributed by atoms with E-state index in [0.29, 0.717) is 12.3 Å². The maximum absolute atomic E-state index is 10.7. The molecule has 2 aromatic carbocycles. The highest BCUT2D eigenvalue weighted by Gasteiger charge is 2.19. The monoisotopic (exact) mass is 406 g/mol. The second kappa shape index (κ2) is 8.11. The molecule has 0 saturated carbocycles. The third kappa shape index (κ3) is 4.17. The lowest BCUT2D eigenvalue weighted by Crippen LogP contribution is -3.00. The van der Waals surface area contributed by atoms with Crippen LogP contribution in [0.2, 0.25) is 0 Å². The molecule has 7 heteroatoms. The minimum Gasteiger partial charge on any atom is -1.00 e. The highest BCUT2D eigenvalue weighted by Crippen LogP contribution is 2.31. The molecule has 0 unspecified atom stereocenters. The highest BCUT2D eigenvalue weighted by molar-refractivity contribution is 5.80. The molecular formula is C18H19BrN2O4. The van der Waals surface area contributed by atoms with Crippen LogP contribution in [0.1, 0.15) is 16.7 Å². The Hall–Kier alpha value is -2.41. The quantitative estimate of drug-likeness (QED) is 0.392. The van der Waals surface area contributed by atoms with E-state index >= 15 is 0 Å². The van der Waals surface area contributed by atoms with Crippen molar-refractivity contribution in [3.8, 4) is 11.5 Å². The van der Waals surface area contributed by atoms with Crippen molar-refractivity contribution in [3.05, 3.63) is 63.2 Å². The number of nitro benzene ring substituents is 1. The third-order valence-corrected chi connectivity index (χ3v) is 4.17. The Kier molecular flexibility index (Phi) is 6.14. The fourth-order valence-corrected chi connectivity index (χ4v) is 2.88. The summed E-state index contributed by atoms with van der Waals surface area (Å²) in [6.45, 7) is 1.60. The summed E-state index contributed by atoms with van der Waals surface area (Å²) in [6.07, 6.45) is 3.02. The van der Waals surface area contributed by atoms with E-state index in [4.69, 9.17) is 9.47 Å². The molecule has 0 radical (unpaired) electrons. The molecule has 3 rings (SSSR count). The number of hydrogen-bond donors (Lipinski definition) is 0. The molecule has 0 amide bonds. The van der Waals surface area contributed by atoms with E-state index in [1.807, 2.05) is 12.1 Å². The van der Waals surface area contributed by atoms with Crippen LogP contribution in [-0.2, 0) is 13.0 Å². The van der Waals surface area contributed by atoms with Crippen LogP contribution in [0, 0.1) is 10.1 Å². The molecule has 0 spiro atoms. The Bertz CT molecular complexity index is 803. The number of nitrogens with zero attached hydrogens (tertiary/aromatic N) is 2. The average molecular weight is 407 g/mol. The molecule has 2 aromatic rings. The fourth-order valence-electron chi connectivity index (χ4n) is 2.88. The topological polar surface area (TPSA) is 64.6 Å². The van der Waals surface area contributed by atoms with Gasteiger partial charge in [0.1, 0.15) is 6.54 Å². The van der Waals surface area contributed by atoms with E-state index in [1.165, 1.54) is 5.56 Å². The summed E-state index contributed by atoms with van der Waals surface area (Å²) >= 11 is 0. The van der Waals surface area contributed by atoms with Gasteiger partial charge in [-0.1, -0.05) is 0 Å². The number of hydrogen-bond acceptors (Lipinski definition) is 4. The lowest BCUT2D eigenvalue weighted by Gasteiger charge is -2.16. The second-order valence-electron chi connectivity index (χ2n) is 5.68. The van der Waals surface area contributed by atoms with Crippen molar-refractivity contribution in [2.75, 3.05) is 20.8 Å². The van der Waals surface area contributed by atoms with Crippen molar-refractivity contribution in [2.45, 2.75) is 13.0 Å². The standard InChI is InChI=1S/C18H19N2O4.BrH/c1-23-17-9-14-7-8-19(12-15(14)10-18(17)24-2)11-13-3-5-16(6-4-13)20(21)22;/h3-6,9-10,12H,7-8,11H2,1-2H3;1H/q+1;/p-1. The van der Waals surface area contributed by atoms with Gasteiger partial charge in [-0.05, 0) is 29.8 Å². The van der Waals surface area contributed by atoms with Crippen LogP contribution in [0.3, 0.4) is 0 Å². The normalized spacial score (nSPS) is 12.5. The molecule has 0 bridgehead atoms. The van der Waals surface area contributed by atoms with Crippen LogP contribution in [0.5, 0.6) is 11.5 Å². The Balaban J connectivity index is 0.00000225. The maximum Gasteiger partial charge on any atom is 0.269 e. The summed E-state index contributed by atoms with van der Waals surface area (Å²) in [6, 6.07) is 10.7. The SMILES string of the molecule is COc1cc2c(cc1OC)CC[N+](Cc1ccc([N+](=O)[O-])cc1)=C2.[Br-]. The Labute approximate surface area is 156 Å². The van der Waals surface area contributed by atoms with E-state index in [1.54, 1.807) is 38.5 Å². The number of benzene rings is 2. The first-order valence-corrected chi connectivity index (χ1v) is 7.68. The molecule has 0 aliphatic carbocycles. The summed E-state index contributed by atoms with van der Waals surface area (Å²) in [5.74, 6) is 1.46. The fraction of sp³-hybridized carbons (Fsp3) is 0.278. The smallest absolute Gasteiger partial charge is 0.269 e. The van der Waals surface area contributed by atoms with E-state index < -0.39 is 0 Å². The minimum absolute atomic E-state index is 0. The zero-order valence-corrected chi connectivity index (χ0v) is 15.7. The number of rotatable bonds is 5. The van der Waals surface area contributed by atoms with E-state index in [2.05, 4.69) is 10.8 Å². The molecular weight excluding hydrogens is 388 g/mol. The second-order valence-corrected chi connectivity index (χ2v) is 5.68. The van der Waals surface area contributed by atoms with Crippen molar-refractivity contribution < 1.29 is 36.0 Å². The number of halogens is 1. The van der Waals surface area contributed by atoms with Crippen molar-refractivity contribution >= 4 is 11.9 Å². The number of methoxy groups -OCH3 is 2. The van der Waals surface area contributed by atoms with Gasteiger partial charge in [-0.15, -0.1) is 0 Å². The number of non-ortho nitro benzene ring substituents is 1. The van der Waals surface area contributed by atoms with Crippen LogP contribution in [0.4, 0.5) is 5.69 Å². The van der Waals surface area contributed by atoms with Gasteiger partial charge < -0.3 is 26.5 Å². The van der Waals surface area contributed by atoms with Gasteiger partial charge in [-0.3, -0.25) is 10.1 Å². The molecule has 0 N–H and O–H groups in total. The molecule has 25 heavy (non-hydrogen) atoms. The largest absolute Gasteiger partial charge is 1.00 e. The number of fused-ring (bicyclic) bond motifs is 1. The summed E-state index contributed by atoms with van der Waals surface area (Å²) in [5, 5.41) is 10.7. The van der Waals surface area contributed by atoms with Crippen molar-refractivity contribution in [2.24, 2.45) is 0 Å². The third-order valence-electron chi connectivity index (χ3n) is 4.17. The summed E-state index contributed by atoms with van der Waals surface area (Å²) in [5.41, 5.74) is 3.50. The zero-order chi connectivity index (χ0) is 17.1. The van der Waals surface area contributed by atoms with Crippen molar-refractivity contribution in [1.29, 1.82) is 0 Å². The van der Waals surface area contributed by atoms with Crippen LogP contribution in [-0.4, -0.2) is 36.5 Å². The van der Waals surface area contributed by atoms with Crippen LogP contribution in [0.25, 0.3) is 0 Å². The predicted molar refractivity (Wildman–Crippen MR) is 90.3 cm³/mol. The van der Waals surface area contributed by atoms with E-state index in [-0.39, 0.29) is 27.6 Å². The van der Waals surface area contributed by atoms with Gasteiger partial charge in [-0.25, -0.2) is 4.58 Å². The van der Waals surface area contributed by atoms with Gasteiger partial charge in [0, 0.05) is 29.7 Å². The van der Waals surface area contributed by atoms with Crippen molar-refractivity contribution in [1.82, 2.24) is 0 Å². The van der Waals surface area contributed by atoms with Gasteiger partial charge in [0.2, 0.25) is 0 Å². The van der Waals surface area contributed by atoms with Gasteiger partial charge in [0.05, 0.1) is 19.1 Å². The minimum atomic E-state index is -0.382. The number of ether oxygens (including phenoxy) is 2. The van der Waals surface area contributed by atoms with Crippen LogP contribution >= 0.6 is 0 Å². The molecule has 1 heterocycles. The Morgan fingerprint density at radius 2 is 1.76 bits per heavy atom. The Morgan fingerprint density at radius 3 is 2.36 bits per heavy atom. The zero-order valence-electron chi connectivity index (χ0n) is 14.1. The first kappa shape index (κ1) is 18.9. The molecule has 6 nitrogen and oxygen atoms in total. The molecule has 0 saturated heterocycles. The van der Waals surface area contributed by atoms with Gasteiger partial charge in [0.25, 0.3) is 5.69 Å². The first-order valence-electron chi connectivity index (χ1n) is 7.68. The van der Waals surface area contributed by atoms with E-state index in [0.717, 1.165) is 29.8 Å². The molecule has 132 valence electrons. The summed E-state index contributed by atoms with van der Waals surface area (Å²) < 4.78 is 12.9. The predicted octanol–water partition coefficient (Wildman–Crippen LogP) is -0.196. The Morgan fingerprint density at radius 1 is 1.12 bits per heavy atom. The van der Waals surface area contributed by atoms with Gasteiger partial charge in [0.15, 0.2) is 24.3 Å². The van der Waals surface area contributed by atoms with Crippen LogP contribution in [0.15, 0.2) is 36.4 Å². The lowest BCUT2D eigenvalue weighted by atomic mass is 10.0. The van der Waals surface area contributed by atoms with E-state index in [9.17, 15) is 10.1 Å². The lowest BCUT2D eigenvalue weighted by molar-refractivity contribution is -0.540. The summed E-state index contributed by atoms with van der Waals surface area (Å²) in [4.78, 5) is 10.3. The first-order chi connectivity index (χ1) is 11.6. The van der Waals surface area contributed by atoms with Gasteiger partial charge >= 0.3 is 0 Å². The number of nitro groups is 1. The summed E-state index contributed by atoms with van der Waals surface area (Å²) in [7, 11) is 3.26. The van der Waals surface area contributed by atoms with Crippen LogP contribution < -0.4 is 26.5 Å². The molecule has 0 fully saturated rings. The van der Waals surface area contributed by atoms with Crippen molar-refractivity contribution in [3.63, 3.8) is 0 Å². The molecule has 1 aliphatic rings. The maximum atomic E-state index is 10.7. The van der Waals surface area contributed by atoms with Gasteiger partial charge in [-0.2, -0.15) is 0 Å².